The van der Waals surface area contributed by atoms with E-state index in [0.29, 0.717) is 11.3 Å². The number of hydrogen-bond donors (Lipinski definition) is 0. The van der Waals surface area contributed by atoms with Crippen molar-refractivity contribution in [1.29, 1.82) is 0 Å². The number of aromatic nitrogens is 2. The molecule has 0 atom stereocenters. The lowest BCUT2D eigenvalue weighted by Crippen LogP contribution is -2.10. The molecule has 0 radical (unpaired) electrons. The molecule has 8 heteroatoms. The molecule has 1 heterocycles. The van der Waals surface area contributed by atoms with Crippen LogP contribution in [0.3, 0.4) is 0 Å². The number of rotatable bonds is 5. The van der Waals surface area contributed by atoms with Crippen LogP contribution in [0.5, 0.6) is 11.6 Å². The maximum atomic E-state index is 13.3. The van der Waals surface area contributed by atoms with E-state index in [9.17, 15) is 17.6 Å². The van der Waals surface area contributed by atoms with Crippen molar-refractivity contribution in [3.05, 3.63) is 76.7 Å². The van der Waals surface area contributed by atoms with Crippen LogP contribution in [0, 0.1) is 19.7 Å². The van der Waals surface area contributed by atoms with Crippen LogP contribution in [0.25, 0.3) is 0 Å². The Balaban J connectivity index is 1.88. The van der Waals surface area contributed by atoms with Crippen molar-refractivity contribution in [2.45, 2.75) is 30.9 Å². The molecule has 146 valence electrons. The summed E-state index contributed by atoms with van der Waals surface area (Å²) in [4.78, 5) is 7.65. The van der Waals surface area contributed by atoms with Crippen LogP contribution in [-0.2, 0) is 11.9 Å². The van der Waals surface area contributed by atoms with E-state index in [2.05, 4.69) is 9.97 Å². The highest BCUT2D eigenvalue weighted by molar-refractivity contribution is 7.98. The van der Waals surface area contributed by atoms with E-state index in [1.807, 2.05) is 13.0 Å². The molecule has 0 unspecified atom stereocenters. The van der Waals surface area contributed by atoms with Crippen molar-refractivity contribution >= 4 is 11.8 Å². The SMILES string of the molecule is Cc1ccc(Oc2cc(C(F)(F)F)nc(SCc3cccc(F)c3)n2)c(C)c1. The molecule has 3 rings (SSSR count). The fourth-order valence-electron chi connectivity index (χ4n) is 2.47. The van der Waals surface area contributed by atoms with Gasteiger partial charge >= 0.3 is 6.18 Å². The van der Waals surface area contributed by atoms with Gasteiger partial charge in [-0.1, -0.05) is 41.6 Å². The Morgan fingerprint density at radius 1 is 1.00 bits per heavy atom. The number of benzene rings is 2. The summed E-state index contributed by atoms with van der Waals surface area (Å²) in [5.41, 5.74) is 1.31. The Morgan fingerprint density at radius 2 is 1.79 bits per heavy atom. The Morgan fingerprint density at radius 3 is 2.46 bits per heavy atom. The van der Waals surface area contributed by atoms with Gasteiger partial charge in [-0.15, -0.1) is 0 Å². The second-order valence-electron chi connectivity index (χ2n) is 6.16. The number of alkyl halides is 3. The lowest BCUT2D eigenvalue weighted by atomic mass is 10.1. The van der Waals surface area contributed by atoms with E-state index in [4.69, 9.17) is 4.74 Å². The Kier molecular flexibility index (Phi) is 5.88. The van der Waals surface area contributed by atoms with Gasteiger partial charge < -0.3 is 4.74 Å². The molecule has 0 saturated heterocycles. The second kappa shape index (κ2) is 8.18. The normalized spacial score (nSPS) is 11.5. The molecule has 0 aliphatic carbocycles. The molecule has 0 amide bonds. The first kappa shape index (κ1) is 20.1. The van der Waals surface area contributed by atoms with E-state index >= 15 is 0 Å². The molecule has 3 nitrogen and oxygen atoms in total. The summed E-state index contributed by atoms with van der Waals surface area (Å²) < 4.78 is 58.6. The van der Waals surface area contributed by atoms with Crippen molar-refractivity contribution in [2.24, 2.45) is 0 Å². The Hall–Kier alpha value is -2.61. The Bertz CT molecular complexity index is 992. The van der Waals surface area contributed by atoms with E-state index in [-0.39, 0.29) is 16.8 Å². The van der Waals surface area contributed by atoms with Gasteiger partial charge in [0, 0.05) is 11.8 Å². The highest BCUT2D eigenvalue weighted by Gasteiger charge is 2.34. The maximum absolute atomic E-state index is 13.3. The van der Waals surface area contributed by atoms with Gasteiger partial charge in [0.25, 0.3) is 0 Å². The van der Waals surface area contributed by atoms with Crippen LogP contribution in [0.15, 0.2) is 53.7 Å². The molecule has 3 aromatic rings. The van der Waals surface area contributed by atoms with E-state index < -0.39 is 17.7 Å². The monoisotopic (exact) mass is 408 g/mol. The summed E-state index contributed by atoms with van der Waals surface area (Å²) in [5.74, 6) is 0.0265. The molecule has 0 aliphatic rings. The zero-order valence-corrected chi connectivity index (χ0v) is 15.9. The third kappa shape index (κ3) is 5.22. The minimum atomic E-state index is -4.64. The topological polar surface area (TPSA) is 35.0 Å². The standard InChI is InChI=1S/C20H16F4N2OS/c1-12-6-7-16(13(2)8-12)27-18-10-17(20(22,23)24)25-19(26-18)28-11-14-4-3-5-15(21)9-14/h3-10H,11H2,1-2H3. The quantitative estimate of drug-likeness (QED) is 0.280. The van der Waals surface area contributed by atoms with Crippen molar-refractivity contribution in [1.82, 2.24) is 9.97 Å². The van der Waals surface area contributed by atoms with Gasteiger partial charge in [0.2, 0.25) is 5.88 Å². The molecule has 0 saturated carbocycles. The van der Waals surface area contributed by atoms with Crippen LogP contribution in [0.4, 0.5) is 17.6 Å². The zero-order chi connectivity index (χ0) is 20.3. The molecule has 0 aliphatic heterocycles. The number of halogens is 4. The molecule has 0 fully saturated rings. The van der Waals surface area contributed by atoms with Gasteiger partial charge in [-0.05, 0) is 43.2 Å². The first-order chi connectivity index (χ1) is 13.2. The number of nitrogens with zero attached hydrogens (tertiary/aromatic N) is 2. The van der Waals surface area contributed by atoms with Crippen LogP contribution >= 0.6 is 11.8 Å². The fourth-order valence-corrected chi connectivity index (χ4v) is 3.26. The summed E-state index contributed by atoms with van der Waals surface area (Å²) in [7, 11) is 0. The highest BCUT2D eigenvalue weighted by Crippen LogP contribution is 2.34. The molecular formula is C20H16F4N2OS. The average molecular weight is 408 g/mol. The summed E-state index contributed by atoms with van der Waals surface area (Å²) in [6, 6.07) is 11.9. The van der Waals surface area contributed by atoms with Crippen molar-refractivity contribution in [3.8, 4) is 11.6 Å². The van der Waals surface area contributed by atoms with Crippen molar-refractivity contribution < 1.29 is 22.3 Å². The average Bonchev–Trinajstić information content (AvgIpc) is 2.62. The molecule has 0 bridgehead atoms. The number of ether oxygens (including phenoxy) is 1. The first-order valence-electron chi connectivity index (χ1n) is 8.29. The molecular weight excluding hydrogens is 392 g/mol. The molecule has 28 heavy (non-hydrogen) atoms. The third-order valence-corrected chi connectivity index (χ3v) is 4.69. The van der Waals surface area contributed by atoms with Crippen LogP contribution < -0.4 is 4.74 Å². The lowest BCUT2D eigenvalue weighted by Gasteiger charge is -2.12. The van der Waals surface area contributed by atoms with Crippen molar-refractivity contribution in [2.75, 3.05) is 0 Å². The number of aryl methyl sites for hydroxylation is 2. The van der Waals surface area contributed by atoms with Crippen molar-refractivity contribution in [3.63, 3.8) is 0 Å². The third-order valence-electron chi connectivity index (χ3n) is 3.77. The number of thioether (sulfide) groups is 1. The predicted octanol–water partition coefficient (Wildman–Crippen LogP) is 6.34. The molecule has 2 aromatic carbocycles. The number of hydrogen-bond acceptors (Lipinski definition) is 4. The second-order valence-corrected chi connectivity index (χ2v) is 7.10. The molecule has 0 N–H and O–H groups in total. The maximum Gasteiger partial charge on any atom is 0.433 e. The summed E-state index contributed by atoms with van der Waals surface area (Å²) in [6.45, 7) is 3.71. The van der Waals surface area contributed by atoms with Gasteiger partial charge in [0.05, 0.1) is 0 Å². The Labute approximate surface area is 163 Å². The lowest BCUT2D eigenvalue weighted by molar-refractivity contribution is -0.141. The summed E-state index contributed by atoms with van der Waals surface area (Å²) >= 11 is 0.975. The zero-order valence-electron chi connectivity index (χ0n) is 15.0. The van der Waals surface area contributed by atoms with Crippen LogP contribution in [0.1, 0.15) is 22.4 Å². The molecule has 1 aromatic heterocycles. The van der Waals surface area contributed by atoms with E-state index in [0.717, 1.165) is 29.0 Å². The van der Waals surface area contributed by atoms with Gasteiger partial charge in [0.15, 0.2) is 10.9 Å². The van der Waals surface area contributed by atoms with Crippen LogP contribution in [-0.4, -0.2) is 9.97 Å². The molecule has 0 spiro atoms. The highest BCUT2D eigenvalue weighted by atomic mass is 32.2. The largest absolute Gasteiger partial charge is 0.439 e. The minimum absolute atomic E-state index is 0.0983. The predicted molar refractivity (Wildman–Crippen MR) is 99.0 cm³/mol. The van der Waals surface area contributed by atoms with E-state index in [1.165, 1.54) is 18.2 Å². The van der Waals surface area contributed by atoms with Crippen LogP contribution in [0.2, 0.25) is 0 Å². The van der Waals surface area contributed by atoms with Gasteiger partial charge in [-0.3, -0.25) is 0 Å². The summed E-state index contributed by atoms with van der Waals surface area (Å²) in [6.07, 6.45) is -4.64. The summed E-state index contributed by atoms with van der Waals surface area (Å²) in [5, 5.41) is -0.0983. The smallest absolute Gasteiger partial charge is 0.433 e. The fraction of sp³-hybridized carbons (Fsp3) is 0.200. The van der Waals surface area contributed by atoms with Gasteiger partial charge in [-0.2, -0.15) is 18.2 Å². The first-order valence-corrected chi connectivity index (χ1v) is 9.28. The van der Waals surface area contributed by atoms with Gasteiger partial charge in [-0.25, -0.2) is 9.37 Å². The van der Waals surface area contributed by atoms with Gasteiger partial charge in [0.1, 0.15) is 11.6 Å². The van der Waals surface area contributed by atoms with E-state index in [1.54, 1.807) is 25.1 Å². The minimum Gasteiger partial charge on any atom is -0.439 e.